The molecule has 0 unspecified atom stereocenters. The van der Waals surface area contributed by atoms with Gasteiger partial charge in [0.2, 0.25) is 0 Å². The fourth-order valence-corrected chi connectivity index (χ4v) is 2.19. The largest absolute Gasteiger partial charge is 0.352 e. The first-order valence-corrected chi connectivity index (χ1v) is 5.94. The van der Waals surface area contributed by atoms with E-state index in [0.29, 0.717) is 11.5 Å². The lowest BCUT2D eigenvalue weighted by molar-refractivity contribution is 0.0947. The van der Waals surface area contributed by atoms with Gasteiger partial charge in [0, 0.05) is 18.3 Å². The molecule has 1 aliphatic carbocycles. The van der Waals surface area contributed by atoms with Crippen LogP contribution in [0, 0.1) is 17.2 Å². The molecule has 1 N–H and O–H groups in total. The van der Waals surface area contributed by atoms with E-state index in [-0.39, 0.29) is 11.6 Å². The van der Waals surface area contributed by atoms with Crippen molar-refractivity contribution in [1.82, 2.24) is 10.3 Å². The van der Waals surface area contributed by atoms with E-state index in [1.807, 2.05) is 6.07 Å². The van der Waals surface area contributed by atoms with Crippen molar-refractivity contribution < 1.29 is 4.79 Å². The third-order valence-electron chi connectivity index (χ3n) is 3.16. The summed E-state index contributed by atoms with van der Waals surface area (Å²) >= 11 is 0. The van der Waals surface area contributed by atoms with E-state index in [2.05, 4.69) is 10.3 Å². The summed E-state index contributed by atoms with van der Waals surface area (Å²) in [5, 5.41) is 11.6. The Morgan fingerprint density at radius 2 is 2.29 bits per heavy atom. The number of hydrogen-bond acceptors (Lipinski definition) is 3. The number of aromatic nitrogens is 1. The summed E-state index contributed by atoms with van der Waals surface area (Å²) < 4.78 is 0. The zero-order chi connectivity index (χ0) is 12.1. The first-order valence-electron chi connectivity index (χ1n) is 5.94. The fourth-order valence-electron chi connectivity index (χ4n) is 2.19. The van der Waals surface area contributed by atoms with Gasteiger partial charge in [-0.3, -0.25) is 4.79 Å². The Labute approximate surface area is 101 Å². The molecule has 88 valence electrons. The van der Waals surface area contributed by atoms with E-state index < -0.39 is 0 Å². The van der Waals surface area contributed by atoms with Gasteiger partial charge in [-0.05, 0) is 30.9 Å². The van der Waals surface area contributed by atoms with Crippen LogP contribution in [0.3, 0.4) is 0 Å². The number of carbonyl (C=O) groups excluding carboxylic acids is 1. The van der Waals surface area contributed by atoms with Crippen molar-refractivity contribution in [2.75, 3.05) is 6.54 Å². The maximum atomic E-state index is 11.8. The van der Waals surface area contributed by atoms with Gasteiger partial charge in [-0.2, -0.15) is 5.26 Å². The van der Waals surface area contributed by atoms with Gasteiger partial charge in [-0.25, -0.2) is 4.98 Å². The minimum absolute atomic E-state index is 0.115. The average molecular weight is 229 g/mol. The van der Waals surface area contributed by atoms with Crippen molar-refractivity contribution in [1.29, 1.82) is 5.26 Å². The predicted octanol–water partition coefficient (Wildman–Crippen LogP) is 1.87. The van der Waals surface area contributed by atoms with Gasteiger partial charge in [-0.1, -0.05) is 12.8 Å². The molecule has 1 saturated carbocycles. The van der Waals surface area contributed by atoms with E-state index in [1.165, 1.54) is 37.9 Å². The first kappa shape index (κ1) is 11.6. The highest BCUT2D eigenvalue weighted by Crippen LogP contribution is 2.23. The molecule has 17 heavy (non-hydrogen) atoms. The fraction of sp³-hybridized carbons (Fsp3) is 0.462. The topological polar surface area (TPSA) is 65.8 Å². The number of nitriles is 1. The van der Waals surface area contributed by atoms with E-state index in [9.17, 15) is 4.79 Å². The molecule has 0 radical (unpaired) electrons. The summed E-state index contributed by atoms with van der Waals surface area (Å²) in [4.78, 5) is 15.7. The lowest BCUT2D eigenvalue weighted by Crippen LogP contribution is -2.28. The Morgan fingerprint density at radius 3 is 3.00 bits per heavy atom. The van der Waals surface area contributed by atoms with Crippen LogP contribution in [0.2, 0.25) is 0 Å². The molecule has 1 aromatic rings. The highest BCUT2D eigenvalue weighted by Gasteiger charge is 2.16. The summed E-state index contributed by atoms with van der Waals surface area (Å²) in [7, 11) is 0. The van der Waals surface area contributed by atoms with Crippen molar-refractivity contribution in [2.24, 2.45) is 5.92 Å². The highest BCUT2D eigenvalue weighted by molar-refractivity contribution is 5.94. The zero-order valence-corrected chi connectivity index (χ0v) is 9.65. The first-order chi connectivity index (χ1) is 8.29. The van der Waals surface area contributed by atoms with Crippen LogP contribution in [0.5, 0.6) is 0 Å². The van der Waals surface area contributed by atoms with Gasteiger partial charge in [0.25, 0.3) is 5.91 Å². The molecule has 2 rings (SSSR count). The van der Waals surface area contributed by atoms with E-state index in [4.69, 9.17) is 5.26 Å². The third-order valence-corrected chi connectivity index (χ3v) is 3.16. The molecule has 1 amide bonds. The van der Waals surface area contributed by atoms with Crippen LogP contribution in [-0.2, 0) is 0 Å². The molecule has 4 nitrogen and oxygen atoms in total. The molecular formula is C13H15N3O. The predicted molar refractivity (Wildman–Crippen MR) is 63.2 cm³/mol. The second-order valence-corrected chi connectivity index (χ2v) is 4.40. The molecule has 0 spiro atoms. The monoisotopic (exact) mass is 229 g/mol. The van der Waals surface area contributed by atoms with E-state index in [1.54, 1.807) is 6.07 Å². The minimum Gasteiger partial charge on any atom is -0.352 e. The smallest absolute Gasteiger partial charge is 0.251 e. The van der Waals surface area contributed by atoms with Crippen molar-refractivity contribution >= 4 is 5.91 Å². The van der Waals surface area contributed by atoms with Crippen LogP contribution in [-0.4, -0.2) is 17.4 Å². The number of amides is 1. The molecule has 0 aliphatic heterocycles. The van der Waals surface area contributed by atoms with Crippen LogP contribution in [0.25, 0.3) is 0 Å². The van der Waals surface area contributed by atoms with Crippen molar-refractivity contribution in [3.8, 4) is 6.07 Å². The zero-order valence-electron chi connectivity index (χ0n) is 9.65. The summed E-state index contributed by atoms with van der Waals surface area (Å²) in [6.45, 7) is 0.739. The molecular weight excluding hydrogens is 214 g/mol. The minimum atomic E-state index is -0.115. The number of hydrogen-bond donors (Lipinski definition) is 1. The molecule has 1 heterocycles. The third kappa shape index (κ3) is 3.04. The molecule has 0 saturated heterocycles. The van der Waals surface area contributed by atoms with Crippen molar-refractivity contribution in [3.63, 3.8) is 0 Å². The van der Waals surface area contributed by atoms with Crippen LogP contribution in [0.4, 0.5) is 0 Å². The van der Waals surface area contributed by atoms with Crippen LogP contribution >= 0.6 is 0 Å². The van der Waals surface area contributed by atoms with Gasteiger partial charge >= 0.3 is 0 Å². The Kier molecular flexibility index (Phi) is 3.71. The molecule has 1 fully saturated rings. The number of rotatable bonds is 3. The van der Waals surface area contributed by atoms with Gasteiger partial charge in [0.05, 0.1) is 0 Å². The Hall–Kier alpha value is -1.89. The summed E-state index contributed by atoms with van der Waals surface area (Å²) in [5.74, 6) is 0.507. The van der Waals surface area contributed by atoms with Gasteiger partial charge < -0.3 is 5.32 Å². The molecule has 4 heteroatoms. The lowest BCUT2D eigenvalue weighted by atomic mass is 10.1. The summed E-state index contributed by atoms with van der Waals surface area (Å²) in [6, 6.07) is 5.08. The maximum absolute atomic E-state index is 11.8. The second-order valence-electron chi connectivity index (χ2n) is 4.40. The number of pyridine rings is 1. The SMILES string of the molecule is N#Cc1cc(C(=O)NCC2CCCC2)ccn1. The van der Waals surface area contributed by atoms with Crippen LogP contribution < -0.4 is 5.32 Å². The molecule has 0 atom stereocenters. The Balaban J connectivity index is 1.92. The molecule has 0 bridgehead atoms. The summed E-state index contributed by atoms with van der Waals surface area (Å²) in [5.41, 5.74) is 0.785. The maximum Gasteiger partial charge on any atom is 0.251 e. The van der Waals surface area contributed by atoms with E-state index >= 15 is 0 Å². The number of carbonyl (C=O) groups is 1. The van der Waals surface area contributed by atoms with Crippen molar-refractivity contribution in [3.05, 3.63) is 29.6 Å². The van der Waals surface area contributed by atoms with Gasteiger partial charge in [-0.15, -0.1) is 0 Å². The van der Waals surface area contributed by atoms with Gasteiger partial charge in [0.15, 0.2) is 0 Å². The quantitative estimate of drug-likeness (QED) is 0.860. The molecule has 1 aromatic heterocycles. The van der Waals surface area contributed by atoms with Crippen molar-refractivity contribution in [2.45, 2.75) is 25.7 Å². The Bertz CT molecular complexity index is 444. The number of nitrogens with one attached hydrogen (secondary N) is 1. The standard InChI is InChI=1S/C13H15N3O/c14-8-12-7-11(5-6-15-12)13(17)16-9-10-3-1-2-4-10/h5-7,10H,1-4,9H2,(H,16,17). The highest BCUT2D eigenvalue weighted by atomic mass is 16.1. The normalized spacial score (nSPS) is 15.5. The van der Waals surface area contributed by atoms with Crippen LogP contribution in [0.15, 0.2) is 18.3 Å². The average Bonchev–Trinajstić information content (AvgIpc) is 2.89. The number of nitrogens with zero attached hydrogens (tertiary/aromatic N) is 2. The summed E-state index contributed by atoms with van der Waals surface area (Å²) in [6.07, 6.45) is 6.45. The lowest BCUT2D eigenvalue weighted by Gasteiger charge is -2.10. The van der Waals surface area contributed by atoms with E-state index in [0.717, 1.165) is 6.54 Å². The molecule has 1 aliphatic rings. The Morgan fingerprint density at radius 1 is 1.53 bits per heavy atom. The van der Waals surface area contributed by atoms with Crippen LogP contribution in [0.1, 0.15) is 41.7 Å². The molecule has 0 aromatic carbocycles. The van der Waals surface area contributed by atoms with Gasteiger partial charge in [0.1, 0.15) is 11.8 Å². The second kappa shape index (κ2) is 5.44.